The van der Waals surface area contributed by atoms with Crippen LogP contribution in [0.5, 0.6) is 5.75 Å². The molecule has 0 aliphatic rings. The SMILES string of the molecule is C=CCc1c(C)nn(C(=O)COc2ccc3ccccc3c2Br)c1C. The number of halogens is 1. The summed E-state index contributed by atoms with van der Waals surface area (Å²) >= 11 is 3.57. The van der Waals surface area contributed by atoms with Crippen LogP contribution in [0.1, 0.15) is 21.7 Å². The molecule has 2 aromatic carbocycles. The molecule has 1 aromatic heterocycles. The first-order valence-electron chi connectivity index (χ1n) is 8.02. The maximum Gasteiger partial charge on any atom is 0.284 e. The molecule has 0 atom stereocenters. The van der Waals surface area contributed by atoms with Crippen LogP contribution in [0.4, 0.5) is 0 Å². The van der Waals surface area contributed by atoms with Gasteiger partial charge in [0.25, 0.3) is 5.91 Å². The third kappa shape index (κ3) is 3.37. The number of aromatic nitrogens is 2. The van der Waals surface area contributed by atoms with Crippen molar-refractivity contribution in [2.45, 2.75) is 20.3 Å². The van der Waals surface area contributed by atoms with Crippen molar-refractivity contribution in [1.29, 1.82) is 0 Å². The Morgan fingerprint density at radius 2 is 2.04 bits per heavy atom. The number of benzene rings is 2. The van der Waals surface area contributed by atoms with Gasteiger partial charge in [0, 0.05) is 11.3 Å². The van der Waals surface area contributed by atoms with Gasteiger partial charge in [0.1, 0.15) is 5.75 Å². The molecule has 25 heavy (non-hydrogen) atoms. The fourth-order valence-electron chi connectivity index (χ4n) is 2.88. The van der Waals surface area contributed by atoms with Crippen molar-refractivity contribution in [3.63, 3.8) is 0 Å². The molecule has 4 nitrogen and oxygen atoms in total. The van der Waals surface area contributed by atoms with Crippen molar-refractivity contribution in [2.24, 2.45) is 0 Å². The Morgan fingerprint density at radius 3 is 2.80 bits per heavy atom. The zero-order chi connectivity index (χ0) is 18.0. The lowest BCUT2D eigenvalue weighted by Gasteiger charge is -2.10. The maximum atomic E-state index is 12.5. The summed E-state index contributed by atoms with van der Waals surface area (Å²) < 4.78 is 8.01. The molecular formula is C20H19BrN2O2. The molecule has 3 rings (SSSR count). The molecule has 0 bridgehead atoms. The van der Waals surface area contributed by atoms with Crippen molar-refractivity contribution in [3.05, 3.63) is 70.5 Å². The van der Waals surface area contributed by atoms with Gasteiger partial charge in [0.2, 0.25) is 0 Å². The Bertz CT molecular complexity index is 960. The van der Waals surface area contributed by atoms with Gasteiger partial charge in [0.05, 0.1) is 10.2 Å². The monoisotopic (exact) mass is 398 g/mol. The van der Waals surface area contributed by atoms with E-state index in [4.69, 9.17) is 4.74 Å². The van der Waals surface area contributed by atoms with Gasteiger partial charge < -0.3 is 4.74 Å². The summed E-state index contributed by atoms with van der Waals surface area (Å²) in [5, 5.41) is 6.50. The average Bonchev–Trinajstić information content (AvgIpc) is 2.90. The van der Waals surface area contributed by atoms with E-state index in [0.717, 1.165) is 32.2 Å². The third-order valence-corrected chi connectivity index (χ3v) is 5.02. The van der Waals surface area contributed by atoms with Gasteiger partial charge in [-0.15, -0.1) is 6.58 Å². The zero-order valence-electron chi connectivity index (χ0n) is 14.3. The molecule has 0 N–H and O–H groups in total. The topological polar surface area (TPSA) is 44.1 Å². The van der Waals surface area contributed by atoms with Gasteiger partial charge in [-0.25, -0.2) is 4.68 Å². The van der Waals surface area contributed by atoms with E-state index in [1.54, 1.807) is 0 Å². The van der Waals surface area contributed by atoms with Crippen LogP contribution in [0.2, 0.25) is 0 Å². The molecule has 0 aliphatic carbocycles. The second kappa shape index (κ2) is 7.23. The first kappa shape index (κ1) is 17.4. The van der Waals surface area contributed by atoms with Crippen LogP contribution < -0.4 is 4.74 Å². The van der Waals surface area contributed by atoms with E-state index in [2.05, 4.69) is 27.6 Å². The van der Waals surface area contributed by atoms with Gasteiger partial charge in [-0.3, -0.25) is 4.79 Å². The van der Waals surface area contributed by atoms with Gasteiger partial charge in [-0.1, -0.05) is 36.4 Å². The average molecular weight is 399 g/mol. The highest BCUT2D eigenvalue weighted by Crippen LogP contribution is 2.33. The third-order valence-electron chi connectivity index (χ3n) is 4.20. The lowest BCUT2D eigenvalue weighted by molar-refractivity contribution is 0.0817. The Morgan fingerprint density at radius 1 is 1.28 bits per heavy atom. The molecule has 0 saturated heterocycles. The van der Waals surface area contributed by atoms with E-state index in [9.17, 15) is 4.79 Å². The van der Waals surface area contributed by atoms with Crippen molar-refractivity contribution in [3.8, 4) is 5.75 Å². The minimum atomic E-state index is -0.198. The number of aryl methyl sites for hydroxylation is 1. The number of carbonyl (C=O) groups excluding carboxylic acids is 1. The second-order valence-electron chi connectivity index (χ2n) is 5.84. The predicted octanol–water partition coefficient (Wildman–Crippen LogP) is 4.86. The fraction of sp³-hybridized carbons (Fsp3) is 0.200. The number of allylic oxidation sites excluding steroid dienone is 1. The first-order valence-corrected chi connectivity index (χ1v) is 8.81. The van der Waals surface area contributed by atoms with E-state index in [1.807, 2.05) is 56.3 Å². The standard InChI is InChI=1S/C20H19BrN2O2/c1-4-7-16-13(2)22-23(14(16)3)19(24)12-25-18-11-10-15-8-5-6-9-17(15)20(18)21/h4-6,8-11H,1,7,12H2,2-3H3. The van der Waals surface area contributed by atoms with Crippen LogP contribution >= 0.6 is 15.9 Å². The van der Waals surface area contributed by atoms with Crippen LogP contribution in [0, 0.1) is 13.8 Å². The van der Waals surface area contributed by atoms with E-state index < -0.39 is 0 Å². The molecule has 128 valence electrons. The van der Waals surface area contributed by atoms with Crippen LogP contribution in [-0.2, 0) is 6.42 Å². The summed E-state index contributed by atoms with van der Waals surface area (Å²) in [6.45, 7) is 7.46. The minimum absolute atomic E-state index is 0.0770. The molecule has 0 unspecified atom stereocenters. The van der Waals surface area contributed by atoms with Gasteiger partial charge in [-0.05, 0) is 53.0 Å². The summed E-state index contributed by atoms with van der Waals surface area (Å²) in [4.78, 5) is 12.5. The Kier molecular flexibility index (Phi) is 5.04. The summed E-state index contributed by atoms with van der Waals surface area (Å²) in [7, 11) is 0. The number of carbonyl (C=O) groups is 1. The number of hydrogen-bond donors (Lipinski definition) is 0. The van der Waals surface area contributed by atoms with E-state index in [-0.39, 0.29) is 12.5 Å². The van der Waals surface area contributed by atoms with E-state index in [0.29, 0.717) is 12.2 Å². The van der Waals surface area contributed by atoms with Crippen molar-refractivity contribution < 1.29 is 9.53 Å². The molecule has 3 aromatic rings. The molecule has 0 spiro atoms. The molecular weight excluding hydrogens is 380 g/mol. The highest BCUT2D eigenvalue weighted by atomic mass is 79.9. The van der Waals surface area contributed by atoms with E-state index >= 15 is 0 Å². The van der Waals surface area contributed by atoms with E-state index in [1.165, 1.54) is 4.68 Å². The molecule has 1 heterocycles. The quantitative estimate of drug-likeness (QED) is 0.576. The van der Waals surface area contributed by atoms with Crippen LogP contribution in [0.15, 0.2) is 53.5 Å². The Labute approximate surface area is 155 Å². The van der Waals surface area contributed by atoms with Gasteiger partial charge in [0.15, 0.2) is 6.61 Å². The minimum Gasteiger partial charge on any atom is -0.482 e. The molecule has 0 aliphatic heterocycles. The first-order chi connectivity index (χ1) is 12.0. The molecule has 0 radical (unpaired) electrons. The lowest BCUT2D eigenvalue weighted by Crippen LogP contribution is -2.22. The van der Waals surface area contributed by atoms with Crippen LogP contribution in [0.3, 0.4) is 0 Å². The molecule has 0 amide bonds. The summed E-state index contributed by atoms with van der Waals surface area (Å²) in [5.41, 5.74) is 2.72. The van der Waals surface area contributed by atoms with Gasteiger partial charge >= 0.3 is 0 Å². The summed E-state index contributed by atoms with van der Waals surface area (Å²) in [6.07, 6.45) is 2.51. The van der Waals surface area contributed by atoms with Crippen LogP contribution in [0.25, 0.3) is 10.8 Å². The number of hydrogen-bond acceptors (Lipinski definition) is 3. The Hall–Kier alpha value is -2.40. The lowest BCUT2D eigenvalue weighted by atomic mass is 10.1. The normalized spacial score (nSPS) is 10.8. The molecule has 0 fully saturated rings. The second-order valence-corrected chi connectivity index (χ2v) is 6.63. The van der Waals surface area contributed by atoms with Crippen molar-refractivity contribution in [1.82, 2.24) is 9.78 Å². The highest BCUT2D eigenvalue weighted by molar-refractivity contribution is 9.10. The maximum absolute atomic E-state index is 12.5. The Balaban J connectivity index is 1.80. The van der Waals surface area contributed by atoms with Crippen molar-refractivity contribution >= 4 is 32.6 Å². The summed E-state index contributed by atoms with van der Waals surface area (Å²) in [5.74, 6) is 0.441. The highest BCUT2D eigenvalue weighted by Gasteiger charge is 2.17. The van der Waals surface area contributed by atoms with Crippen LogP contribution in [-0.4, -0.2) is 22.3 Å². The van der Waals surface area contributed by atoms with Gasteiger partial charge in [-0.2, -0.15) is 5.10 Å². The summed E-state index contributed by atoms with van der Waals surface area (Å²) in [6, 6.07) is 11.8. The fourth-order valence-corrected chi connectivity index (χ4v) is 3.49. The zero-order valence-corrected chi connectivity index (χ0v) is 15.8. The number of fused-ring (bicyclic) bond motifs is 1. The largest absolute Gasteiger partial charge is 0.482 e. The number of nitrogens with zero attached hydrogens (tertiary/aromatic N) is 2. The predicted molar refractivity (Wildman–Crippen MR) is 103 cm³/mol. The molecule has 0 saturated carbocycles. The smallest absolute Gasteiger partial charge is 0.284 e. The van der Waals surface area contributed by atoms with Crippen molar-refractivity contribution in [2.75, 3.05) is 6.61 Å². The number of rotatable bonds is 5. The number of ether oxygens (including phenoxy) is 1. The molecule has 5 heteroatoms.